The van der Waals surface area contributed by atoms with Crippen molar-refractivity contribution in [1.82, 2.24) is 10.2 Å². The number of carbonyl (C=O) groups excluding carboxylic acids is 2. The van der Waals surface area contributed by atoms with Crippen molar-refractivity contribution < 1.29 is 23.1 Å². The van der Waals surface area contributed by atoms with Crippen LogP contribution in [0.5, 0.6) is 11.5 Å². The summed E-state index contributed by atoms with van der Waals surface area (Å²) in [6, 6.07) is 8.63. The minimum atomic E-state index is -0.890. The molecule has 0 aromatic heterocycles. The maximum Gasteiger partial charge on any atom is 0.254 e. The summed E-state index contributed by atoms with van der Waals surface area (Å²) in [6.07, 6.45) is 2.70. The quantitative estimate of drug-likeness (QED) is 0.348. The van der Waals surface area contributed by atoms with Crippen molar-refractivity contribution in [1.29, 1.82) is 5.41 Å². The smallest absolute Gasteiger partial charge is 0.254 e. The highest BCUT2D eigenvalue weighted by Gasteiger charge is 2.25. The molecule has 6 N–H and O–H groups in total. The number of piperidine rings is 1. The second-order valence-electron chi connectivity index (χ2n) is 7.70. The second kappa shape index (κ2) is 10.6. The number of nitrogens with two attached hydrogens (primary N) is 2. The molecule has 1 aliphatic heterocycles. The van der Waals surface area contributed by atoms with Crippen molar-refractivity contribution in [3.63, 3.8) is 0 Å². The van der Waals surface area contributed by atoms with E-state index in [1.54, 1.807) is 4.90 Å². The summed E-state index contributed by atoms with van der Waals surface area (Å²) in [5.74, 6) is -2.65. The van der Waals surface area contributed by atoms with Crippen molar-refractivity contribution in [2.75, 3.05) is 13.1 Å². The van der Waals surface area contributed by atoms with E-state index in [4.69, 9.17) is 21.6 Å². The van der Waals surface area contributed by atoms with Crippen LogP contribution in [0.2, 0.25) is 0 Å². The number of hydrogen-bond donors (Lipinski definition) is 4. The van der Waals surface area contributed by atoms with Crippen LogP contribution < -0.4 is 21.5 Å². The van der Waals surface area contributed by atoms with Crippen LogP contribution in [0.3, 0.4) is 0 Å². The van der Waals surface area contributed by atoms with E-state index < -0.39 is 17.5 Å². The van der Waals surface area contributed by atoms with Crippen LogP contribution in [0.15, 0.2) is 66.5 Å². The fraction of sp³-hybridized carbons (Fsp3) is 0.208. The lowest BCUT2D eigenvalue weighted by atomic mass is 10.0. The Morgan fingerprint density at radius 3 is 2.50 bits per heavy atom. The van der Waals surface area contributed by atoms with Crippen LogP contribution >= 0.6 is 0 Å². The Morgan fingerprint density at radius 1 is 1.18 bits per heavy atom. The summed E-state index contributed by atoms with van der Waals surface area (Å²) >= 11 is 0. The maximum atomic E-state index is 13.8. The molecule has 2 aromatic carbocycles. The number of ether oxygens (including phenoxy) is 1. The average Bonchev–Trinajstić information content (AvgIpc) is 2.80. The predicted molar refractivity (Wildman–Crippen MR) is 123 cm³/mol. The summed E-state index contributed by atoms with van der Waals surface area (Å²) in [4.78, 5) is 25.6. The van der Waals surface area contributed by atoms with Crippen molar-refractivity contribution in [2.24, 2.45) is 11.5 Å². The van der Waals surface area contributed by atoms with Gasteiger partial charge in [0.25, 0.3) is 5.91 Å². The van der Waals surface area contributed by atoms with Crippen molar-refractivity contribution in [3.8, 4) is 11.5 Å². The molecule has 0 bridgehead atoms. The molecule has 3 rings (SSSR count). The zero-order valence-corrected chi connectivity index (χ0v) is 18.3. The van der Waals surface area contributed by atoms with Gasteiger partial charge < -0.3 is 26.4 Å². The third-order valence-corrected chi connectivity index (χ3v) is 5.30. The number of rotatable bonds is 8. The van der Waals surface area contributed by atoms with E-state index in [1.807, 2.05) is 0 Å². The molecule has 8 nitrogen and oxygen atoms in total. The molecule has 2 amide bonds. The summed E-state index contributed by atoms with van der Waals surface area (Å²) in [7, 11) is 0. The molecule has 0 radical (unpaired) electrons. The summed E-state index contributed by atoms with van der Waals surface area (Å²) < 4.78 is 32.3. The van der Waals surface area contributed by atoms with Gasteiger partial charge in [-0.2, -0.15) is 0 Å². The van der Waals surface area contributed by atoms with Crippen LogP contribution in [-0.4, -0.2) is 41.6 Å². The number of amides is 2. The largest absolute Gasteiger partial charge is 0.454 e. The van der Waals surface area contributed by atoms with Crippen LogP contribution in [0.1, 0.15) is 18.4 Å². The first-order valence-corrected chi connectivity index (χ1v) is 10.5. The number of likely N-dealkylation sites (tertiary alicyclic amines) is 1. The highest BCUT2D eigenvalue weighted by Crippen LogP contribution is 2.25. The molecule has 1 fully saturated rings. The molecule has 10 heteroatoms. The van der Waals surface area contributed by atoms with Gasteiger partial charge in [0.05, 0.1) is 5.71 Å². The van der Waals surface area contributed by atoms with E-state index >= 15 is 0 Å². The molecule has 0 spiro atoms. The van der Waals surface area contributed by atoms with Gasteiger partial charge in [0, 0.05) is 30.8 Å². The molecular formula is C24H25F2N5O3. The zero-order chi connectivity index (χ0) is 24.8. The Bertz CT molecular complexity index is 1150. The van der Waals surface area contributed by atoms with Gasteiger partial charge in [0.15, 0.2) is 11.6 Å². The lowest BCUT2D eigenvalue weighted by molar-refractivity contribution is -0.127. The van der Waals surface area contributed by atoms with Crippen LogP contribution in [0.25, 0.3) is 0 Å². The molecular weight excluding hydrogens is 444 g/mol. The topological polar surface area (TPSA) is 135 Å². The van der Waals surface area contributed by atoms with Gasteiger partial charge in [-0.3, -0.25) is 15.0 Å². The minimum Gasteiger partial charge on any atom is -0.454 e. The van der Waals surface area contributed by atoms with Crippen molar-refractivity contribution >= 4 is 17.5 Å². The minimum absolute atomic E-state index is 0.0656. The molecule has 0 saturated carbocycles. The van der Waals surface area contributed by atoms with Gasteiger partial charge in [-0.05, 0) is 55.3 Å². The molecule has 1 atom stereocenters. The Morgan fingerprint density at radius 2 is 1.88 bits per heavy atom. The molecule has 1 saturated heterocycles. The molecule has 1 aliphatic rings. The summed E-state index contributed by atoms with van der Waals surface area (Å²) in [5.41, 5.74) is 11.5. The number of benzene rings is 2. The van der Waals surface area contributed by atoms with Gasteiger partial charge in [0.2, 0.25) is 5.91 Å². The highest BCUT2D eigenvalue weighted by atomic mass is 19.1. The SMILES string of the molecule is C=CC(=O)N1CCCC(N/C(N)=C(\C(=N)c2ccc(Oc3ccc(F)cc3F)cc2)C(N)=O)C1. The fourth-order valence-electron chi connectivity index (χ4n) is 3.63. The van der Waals surface area contributed by atoms with Crippen molar-refractivity contribution in [3.05, 3.63) is 83.7 Å². The van der Waals surface area contributed by atoms with E-state index in [1.165, 1.54) is 30.3 Å². The standard InChI is InChI=1S/C24H25F2N5O3/c1-2-20(32)31-11-3-4-16(13-31)30-23(28)21(24(29)33)22(27)14-5-8-17(9-6-14)34-19-10-7-15(25)12-18(19)26/h2,5-10,12,16,27,30H,1,3-4,11,13,28H2,(H2,29,33)/b23-21+,27-22?. The van der Waals surface area contributed by atoms with Crippen LogP contribution in [0.4, 0.5) is 8.78 Å². The monoisotopic (exact) mass is 469 g/mol. The van der Waals surface area contributed by atoms with Gasteiger partial charge in [0.1, 0.15) is 23.0 Å². The van der Waals surface area contributed by atoms with Crippen LogP contribution in [0, 0.1) is 17.0 Å². The Kier molecular flexibility index (Phi) is 7.62. The van der Waals surface area contributed by atoms with Gasteiger partial charge in [-0.25, -0.2) is 8.78 Å². The van der Waals surface area contributed by atoms with Gasteiger partial charge in [-0.15, -0.1) is 0 Å². The first kappa shape index (κ1) is 24.4. The van der Waals surface area contributed by atoms with Gasteiger partial charge in [-0.1, -0.05) is 6.58 Å². The lowest BCUT2D eigenvalue weighted by Crippen LogP contribution is -2.49. The summed E-state index contributed by atoms with van der Waals surface area (Å²) in [5, 5.41) is 11.5. The molecule has 0 aliphatic carbocycles. The van der Waals surface area contributed by atoms with E-state index in [2.05, 4.69) is 11.9 Å². The first-order chi connectivity index (χ1) is 16.2. The number of halogens is 2. The van der Waals surface area contributed by atoms with E-state index in [-0.39, 0.29) is 40.6 Å². The number of nitrogens with zero attached hydrogens (tertiary/aromatic N) is 1. The van der Waals surface area contributed by atoms with Gasteiger partial charge >= 0.3 is 0 Å². The molecule has 1 heterocycles. The third-order valence-electron chi connectivity index (χ3n) is 5.30. The average molecular weight is 469 g/mol. The fourth-order valence-corrected chi connectivity index (χ4v) is 3.63. The molecule has 34 heavy (non-hydrogen) atoms. The van der Waals surface area contributed by atoms with E-state index in [0.29, 0.717) is 31.1 Å². The molecule has 2 aromatic rings. The molecule has 178 valence electrons. The lowest BCUT2D eigenvalue weighted by Gasteiger charge is -2.33. The normalized spacial score (nSPS) is 16.3. The maximum absolute atomic E-state index is 13.8. The Balaban J connectivity index is 1.75. The molecule has 1 unspecified atom stereocenters. The van der Waals surface area contributed by atoms with E-state index in [0.717, 1.165) is 18.6 Å². The number of hydrogen-bond acceptors (Lipinski definition) is 6. The third kappa shape index (κ3) is 5.77. The number of primary amides is 1. The highest BCUT2D eigenvalue weighted by molar-refractivity contribution is 6.26. The van der Waals surface area contributed by atoms with Crippen LogP contribution in [-0.2, 0) is 9.59 Å². The Labute approximate surface area is 195 Å². The second-order valence-corrected chi connectivity index (χ2v) is 7.70. The first-order valence-electron chi connectivity index (χ1n) is 10.5. The number of carbonyl (C=O) groups is 2. The zero-order valence-electron chi connectivity index (χ0n) is 18.3. The Hall–Kier alpha value is -4.21. The van der Waals surface area contributed by atoms with Crippen molar-refractivity contribution in [2.45, 2.75) is 18.9 Å². The predicted octanol–water partition coefficient (Wildman–Crippen LogP) is 2.55. The number of nitrogens with one attached hydrogen (secondary N) is 2. The van der Waals surface area contributed by atoms with E-state index in [9.17, 15) is 18.4 Å². The summed E-state index contributed by atoms with van der Waals surface area (Å²) in [6.45, 7) is 4.46.